The topological polar surface area (TPSA) is 63.2 Å². The second-order valence-corrected chi connectivity index (χ2v) is 4.99. The number of nitrogens with zero attached hydrogens (tertiary/aromatic N) is 3. The standard InChI is InChI=1S/C7H10ClN3O2S/c1-3-11(2)14(12,13)6-4-9-7(8)10-5-6/h4-5H,3H2,1-2H3. The Hall–Kier alpha value is -0.720. The van der Waals surface area contributed by atoms with Gasteiger partial charge in [0.1, 0.15) is 4.90 Å². The molecule has 7 heteroatoms. The molecular formula is C7H10ClN3O2S. The van der Waals surface area contributed by atoms with Gasteiger partial charge in [-0.3, -0.25) is 0 Å². The van der Waals surface area contributed by atoms with E-state index in [0.717, 1.165) is 0 Å². The zero-order valence-corrected chi connectivity index (χ0v) is 9.38. The van der Waals surface area contributed by atoms with Crippen molar-refractivity contribution >= 4 is 21.6 Å². The average molecular weight is 236 g/mol. The third-order valence-electron chi connectivity index (χ3n) is 1.75. The third kappa shape index (κ3) is 2.20. The Morgan fingerprint density at radius 1 is 1.43 bits per heavy atom. The molecule has 0 aliphatic rings. The summed E-state index contributed by atoms with van der Waals surface area (Å²) in [5.74, 6) is 0. The van der Waals surface area contributed by atoms with Gasteiger partial charge in [-0.15, -0.1) is 0 Å². The minimum Gasteiger partial charge on any atom is -0.225 e. The molecular weight excluding hydrogens is 226 g/mol. The molecule has 0 atom stereocenters. The van der Waals surface area contributed by atoms with E-state index in [2.05, 4.69) is 9.97 Å². The Bertz CT molecular complexity index is 403. The van der Waals surface area contributed by atoms with Crippen LogP contribution in [0, 0.1) is 0 Å². The van der Waals surface area contributed by atoms with Crippen molar-refractivity contribution in [3.63, 3.8) is 0 Å². The molecule has 14 heavy (non-hydrogen) atoms. The Kier molecular flexibility index (Phi) is 3.41. The molecule has 78 valence electrons. The molecule has 0 spiro atoms. The molecule has 5 nitrogen and oxygen atoms in total. The zero-order valence-electron chi connectivity index (χ0n) is 7.81. The van der Waals surface area contributed by atoms with Gasteiger partial charge in [-0.05, 0) is 11.6 Å². The monoisotopic (exact) mass is 235 g/mol. The molecule has 1 aromatic heterocycles. The second kappa shape index (κ2) is 4.20. The summed E-state index contributed by atoms with van der Waals surface area (Å²) in [5, 5.41) is 0.0306. The maximum absolute atomic E-state index is 11.7. The van der Waals surface area contributed by atoms with E-state index in [1.807, 2.05) is 0 Å². The lowest BCUT2D eigenvalue weighted by atomic mass is 10.7. The molecule has 0 N–H and O–H groups in total. The smallest absolute Gasteiger partial charge is 0.225 e. The van der Waals surface area contributed by atoms with Crippen LogP contribution in [0.4, 0.5) is 0 Å². The summed E-state index contributed by atoms with van der Waals surface area (Å²) in [6.07, 6.45) is 2.38. The summed E-state index contributed by atoms with van der Waals surface area (Å²) in [7, 11) is -1.97. The van der Waals surface area contributed by atoms with Crippen molar-refractivity contribution in [2.45, 2.75) is 11.8 Å². The third-order valence-corrected chi connectivity index (χ3v) is 3.83. The fourth-order valence-electron chi connectivity index (χ4n) is 0.784. The first-order chi connectivity index (χ1) is 6.48. The van der Waals surface area contributed by atoms with Crippen LogP contribution in [0.2, 0.25) is 5.28 Å². The maximum Gasteiger partial charge on any atom is 0.245 e. The van der Waals surface area contributed by atoms with Gasteiger partial charge < -0.3 is 0 Å². The Labute approximate surface area is 87.8 Å². The minimum absolute atomic E-state index is 0.0306. The molecule has 0 aliphatic heterocycles. The van der Waals surface area contributed by atoms with Crippen LogP contribution in [0.15, 0.2) is 17.3 Å². The van der Waals surface area contributed by atoms with Crippen LogP contribution in [0.25, 0.3) is 0 Å². The van der Waals surface area contributed by atoms with Gasteiger partial charge in [0, 0.05) is 13.6 Å². The lowest BCUT2D eigenvalue weighted by Crippen LogP contribution is -2.26. The lowest BCUT2D eigenvalue weighted by Gasteiger charge is -2.13. The highest BCUT2D eigenvalue weighted by molar-refractivity contribution is 7.89. The predicted octanol–water partition coefficient (Wildman–Crippen LogP) is 0.770. The van der Waals surface area contributed by atoms with Crippen LogP contribution in [-0.2, 0) is 10.0 Å². The summed E-state index contributed by atoms with van der Waals surface area (Å²) in [5.41, 5.74) is 0. The normalized spacial score (nSPS) is 12.0. The molecule has 1 aromatic rings. The average Bonchev–Trinajstić information content (AvgIpc) is 2.17. The largest absolute Gasteiger partial charge is 0.245 e. The molecule has 0 bridgehead atoms. The zero-order chi connectivity index (χ0) is 10.8. The van der Waals surface area contributed by atoms with E-state index in [9.17, 15) is 8.42 Å². The van der Waals surface area contributed by atoms with Crippen molar-refractivity contribution in [1.29, 1.82) is 0 Å². The minimum atomic E-state index is -3.46. The van der Waals surface area contributed by atoms with E-state index < -0.39 is 10.0 Å². The molecule has 0 saturated carbocycles. The number of halogens is 1. The fraction of sp³-hybridized carbons (Fsp3) is 0.429. The van der Waals surface area contributed by atoms with Gasteiger partial charge in [-0.25, -0.2) is 22.7 Å². The number of sulfonamides is 1. The van der Waals surface area contributed by atoms with Crippen molar-refractivity contribution in [1.82, 2.24) is 14.3 Å². The number of aromatic nitrogens is 2. The van der Waals surface area contributed by atoms with Gasteiger partial charge in [0.25, 0.3) is 0 Å². The van der Waals surface area contributed by atoms with Crippen LogP contribution in [0.5, 0.6) is 0 Å². The van der Waals surface area contributed by atoms with Crippen molar-refractivity contribution in [2.75, 3.05) is 13.6 Å². The summed E-state index contributed by atoms with van der Waals surface area (Å²) in [6.45, 7) is 2.14. The first-order valence-electron chi connectivity index (χ1n) is 3.92. The number of hydrogen-bond donors (Lipinski definition) is 0. The van der Waals surface area contributed by atoms with Gasteiger partial charge >= 0.3 is 0 Å². The van der Waals surface area contributed by atoms with Gasteiger partial charge in [0.15, 0.2) is 0 Å². The highest BCUT2D eigenvalue weighted by atomic mass is 35.5. The molecule has 1 rings (SSSR count). The summed E-state index contributed by atoms with van der Waals surface area (Å²) in [6, 6.07) is 0. The molecule has 0 saturated heterocycles. The lowest BCUT2D eigenvalue weighted by molar-refractivity contribution is 0.485. The van der Waals surface area contributed by atoms with Crippen molar-refractivity contribution in [2.24, 2.45) is 0 Å². The van der Waals surface area contributed by atoms with E-state index in [4.69, 9.17) is 11.6 Å². The highest BCUT2D eigenvalue weighted by Crippen LogP contribution is 2.12. The van der Waals surface area contributed by atoms with Gasteiger partial charge in [-0.1, -0.05) is 6.92 Å². The van der Waals surface area contributed by atoms with Crippen LogP contribution >= 0.6 is 11.6 Å². The molecule has 0 fully saturated rings. The van der Waals surface area contributed by atoms with Gasteiger partial charge in [0.2, 0.25) is 15.3 Å². The molecule has 0 aliphatic carbocycles. The van der Waals surface area contributed by atoms with Crippen LogP contribution < -0.4 is 0 Å². The van der Waals surface area contributed by atoms with E-state index in [0.29, 0.717) is 6.54 Å². The number of rotatable bonds is 3. The van der Waals surface area contributed by atoms with Gasteiger partial charge in [0.05, 0.1) is 12.4 Å². The quantitative estimate of drug-likeness (QED) is 0.726. The maximum atomic E-state index is 11.7. The summed E-state index contributed by atoms with van der Waals surface area (Å²) >= 11 is 5.44. The molecule has 1 heterocycles. The van der Waals surface area contributed by atoms with Crippen LogP contribution in [-0.4, -0.2) is 36.3 Å². The molecule has 0 aromatic carbocycles. The first kappa shape index (κ1) is 11.4. The van der Waals surface area contributed by atoms with E-state index in [-0.39, 0.29) is 10.2 Å². The number of hydrogen-bond acceptors (Lipinski definition) is 4. The second-order valence-electron chi connectivity index (χ2n) is 2.61. The molecule has 0 radical (unpaired) electrons. The Balaban J connectivity index is 3.11. The Morgan fingerprint density at radius 3 is 2.36 bits per heavy atom. The summed E-state index contributed by atoms with van der Waals surface area (Å²) in [4.78, 5) is 7.27. The van der Waals surface area contributed by atoms with Crippen molar-refractivity contribution < 1.29 is 8.42 Å². The molecule has 0 amide bonds. The Morgan fingerprint density at radius 2 is 1.93 bits per heavy atom. The first-order valence-corrected chi connectivity index (χ1v) is 5.74. The van der Waals surface area contributed by atoms with E-state index in [1.165, 1.54) is 23.7 Å². The van der Waals surface area contributed by atoms with E-state index in [1.54, 1.807) is 6.92 Å². The highest BCUT2D eigenvalue weighted by Gasteiger charge is 2.19. The van der Waals surface area contributed by atoms with Gasteiger partial charge in [-0.2, -0.15) is 0 Å². The van der Waals surface area contributed by atoms with Crippen LogP contribution in [0.3, 0.4) is 0 Å². The van der Waals surface area contributed by atoms with Crippen molar-refractivity contribution in [3.05, 3.63) is 17.7 Å². The summed E-state index contributed by atoms with van der Waals surface area (Å²) < 4.78 is 24.6. The van der Waals surface area contributed by atoms with E-state index >= 15 is 0 Å². The molecule has 0 unspecified atom stereocenters. The predicted molar refractivity (Wildman–Crippen MR) is 52.5 cm³/mol. The van der Waals surface area contributed by atoms with Crippen molar-refractivity contribution in [3.8, 4) is 0 Å². The van der Waals surface area contributed by atoms with Crippen LogP contribution in [0.1, 0.15) is 6.92 Å². The SMILES string of the molecule is CCN(C)S(=O)(=O)c1cnc(Cl)nc1. The fourth-order valence-corrected chi connectivity index (χ4v) is 1.95.